The van der Waals surface area contributed by atoms with Gasteiger partial charge in [-0.1, -0.05) is 18.2 Å². The Bertz CT molecular complexity index is 684. The van der Waals surface area contributed by atoms with E-state index in [0.29, 0.717) is 6.42 Å². The number of nitrogens with zero attached hydrogens (tertiary/aromatic N) is 2. The highest BCUT2D eigenvalue weighted by Crippen LogP contribution is 2.28. The molecule has 0 spiro atoms. The van der Waals surface area contributed by atoms with Crippen LogP contribution in [0.15, 0.2) is 47.3 Å². The molecular formula is C15H16N2O2. The van der Waals surface area contributed by atoms with Crippen molar-refractivity contribution in [1.29, 1.82) is 0 Å². The zero-order valence-electron chi connectivity index (χ0n) is 10.8. The standard InChI is InChI=1S/C15H16N2O2/c1-17-9-11(8-16-17)6-7-14(18)13-10-19-15-5-3-2-4-12(13)15/h2-5,8-10,14,18H,6-7H2,1H3. The van der Waals surface area contributed by atoms with Gasteiger partial charge in [0.2, 0.25) is 0 Å². The maximum atomic E-state index is 10.3. The van der Waals surface area contributed by atoms with E-state index in [-0.39, 0.29) is 0 Å². The van der Waals surface area contributed by atoms with Gasteiger partial charge in [0.15, 0.2) is 0 Å². The lowest BCUT2D eigenvalue weighted by molar-refractivity contribution is 0.168. The van der Waals surface area contributed by atoms with Crippen LogP contribution in [-0.2, 0) is 13.5 Å². The number of furan rings is 1. The number of benzene rings is 1. The quantitative estimate of drug-likeness (QED) is 0.781. The summed E-state index contributed by atoms with van der Waals surface area (Å²) in [6, 6.07) is 7.76. The van der Waals surface area contributed by atoms with E-state index >= 15 is 0 Å². The van der Waals surface area contributed by atoms with Crippen molar-refractivity contribution in [3.63, 3.8) is 0 Å². The van der Waals surface area contributed by atoms with Crippen molar-refractivity contribution in [3.05, 3.63) is 54.0 Å². The van der Waals surface area contributed by atoms with Crippen molar-refractivity contribution < 1.29 is 9.52 Å². The van der Waals surface area contributed by atoms with E-state index in [2.05, 4.69) is 5.10 Å². The summed E-state index contributed by atoms with van der Waals surface area (Å²) in [5.74, 6) is 0. The minimum absolute atomic E-state index is 0.510. The molecular weight excluding hydrogens is 240 g/mol. The first kappa shape index (κ1) is 12.0. The third-order valence-electron chi connectivity index (χ3n) is 3.33. The lowest BCUT2D eigenvalue weighted by Gasteiger charge is -2.07. The normalized spacial score (nSPS) is 12.9. The first-order valence-corrected chi connectivity index (χ1v) is 6.36. The molecule has 0 aliphatic rings. The molecule has 0 aliphatic heterocycles. The Balaban J connectivity index is 1.75. The molecule has 4 nitrogen and oxygen atoms in total. The zero-order chi connectivity index (χ0) is 13.2. The highest BCUT2D eigenvalue weighted by atomic mass is 16.3. The highest BCUT2D eigenvalue weighted by Gasteiger charge is 2.14. The smallest absolute Gasteiger partial charge is 0.134 e. The molecule has 3 aromatic rings. The maximum absolute atomic E-state index is 10.3. The molecule has 2 aromatic heterocycles. The van der Waals surface area contributed by atoms with Crippen molar-refractivity contribution in [2.45, 2.75) is 18.9 Å². The van der Waals surface area contributed by atoms with E-state index in [0.717, 1.165) is 28.5 Å². The predicted octanol–water partition coefficient (Wildman–Crippen LogP) is 2.83. The van der Waals surface area contributed by atoms with Crippen LogP contribution in [0.2, 0.25) is 0 Å². The van der Waals surface area contributed by atoms with Crippen LogP contribution in [0, 0.1) is 0 Å². The Kier molecular flexibility index (Phi) is 3.09. The molecule has 2 heterocycles. The van der Waals surface area contributed by atoms with Crippen LogP contribution in [0.3, 0.4) is 0 Å². The fourth-order valence-corrected chi connectivity index (χ4v) is 2.32. The van der Waals surface area contributed by atoms with Crippen LogP contribution in [0.25, 0.3) is 11.0 Å². The van der Waals surface area contributed by atoms with Gasteiger partial charge in [-0.3, -0.25) is 4.68 Å². The summed E-state index contributed by atoms with van der Waals surface area (Å²) in [6.45, 7) is 0. The SMILES string of the molecule is Cn1cc(CCC(O)c2coc3ccccc23)cn1. The fourth-order valence-electron chi connectivity index (χ4n) is 2.32. The Morgan fingerprint density at radius 2 is 2.21 bits per heavy atom. The number of aliphatic hydroxyl groups excluding tert-OH is 1. The van der Waals surface area contributed by atoms with Gasteiger partial charge in [0, 0.05) is 24.2 Å². The minimum Gasteiger partial charge on any atom is -0.464 e. The number of fused-ring (bicyclic) bond motifs is 1. The van der Waals surface area contributed by atoms with E-state index in [1.165, 1.54) is 0 Å². The largest absolute Gasteiger partial charge is 0.464 e. The van der Waals surface area contributed by atoms with E-state index in [1.54, 1.807) is 10.9 Å². The molecule has 19 heavy (non-hydrogen) atoms. The summed E-state index contributed by atoms with van der Waals surface area (Å²) in [6.07, 6.45) is 6.41. The zero-order valence-corrected chi connectivity index (χ0v) is 10.8. The number of hydrogen-bond donors (Lipinski definition) is 1. The van der Waals surface area contributed by atoms with Crippen molar-refractivity contribution in [3.8, 4) is 0 Å². The maximum Gasteiger partial charge on any atom is 0.134 e. The van der Waals surface area contributed by atoms with Crippen molar-refractivity contribution in [2.75, 3.05) is 0 Å². The van der Waals surface area contributed by atoms with Crippen molar-refractivity contribution >= 4 is 11.0 Å². The van der Waals surface area contributed by atoms with Crippen LogP contribution in [0.1, 0.15) is 23.7 Å². The number of aliphatic hydroxyl groups is 1. The van der Waals surface area contributed by atoms with Gasteiger partial charge in [-0.05, 0) is 24.5 Å². The summed E-state index contributed by atoms with van der Waals surface area (Å²) in [5, 5.41) is 15.4. The van der Waals surface area contributed by atoms with Crippen molar-refractivity contribution in [2.24, 2.45) is 7.05 Å². The lowest BCUT2D eigenvalue weighted by Crippen LogP contribution is -1.98. The number of aromatic nitrogens is 2. The van der Waals surface area contributed by atoms with Gasteiger partial charge in [-0.25, -0.2) is 0 Å². The third-order valence-corrected chi connectivity index (χ3v) is 3.33. The molecule has 1 unspecified atom stereocenters. The topological polar surface area (TPSA) is 51.2 Å². The van der Waals surface area contributed by atoms with Gasteiger partial charge >= 0.3 is 0 Å². The number of hydrogen-bond acceptors (Lipinski definition) is 3. The monoisotopic (exact) mass is 256 g/mol. The second-order valence-corrected chi connectivity index (χ2v) is 4.76. The molecule has 98 valence electrons. The van der Waals surface area contributed by atoms with Gasteiger partial charge in [0.1, 0.15) is 5.58 Å². The fraction of sp³-hybridized carbons (Fsp3) is 0.267. The average molecular weight is 256 g/mol. The Labute approximate surface area is 111 Å². The van der Waals surface area contributed by atoms with Crippen molar-refractivity contribution in [1.82, 2.24) is 9.78 Å². The van der Waals surface area contributed by atoms with Crippen LogP contribution in [-0.4, -0.2) is 14.9 Å². The second-order valence-electron chi connectivity index (χ2n) is 4.76. The third kappa shape index (κ3) is 2.39. The summed E-state index contributed by atoms with van der Waals surface area (Å²) in [7, 11) is 1.89. The lowest BCUT2D eigenvalue weighted by atomic mass is 10.0. The molecule has 4 heteroatoms. The van der Waals surface area contributed by atoms with Crippen LogP contribution in [0.5, 0.6) is 0 Å². The van der Waals surface area contributed by atoms with E-state index in [4.69, 9.17) is 4.42 Å². The van der Waals surface area contributed by atoms with Gasteiger partial charge < -0.3 is 9.52 Å². The molecule has 0 fully saturated rings. The van der Waals surface area contributed by atoms with Gasteiger partial charge in [-0.15, -0.1) is 0 Å². The van der Waals surface area contributed by atoms with Crippen LogP contribution >= 0.6 is 0 Å². The minimum atomic E-state index is -0.510. The van der Waals surface area contributed by atoms with Gasteiger partial charge in [0.25, 0.3) is 0 Å². The molecule has 1 N–H and O–H groups in total. The molecule has 3 rings (SSSR count). The van der Waals surface area contributed by atoms with Crippen LogP contribution in [0.4, 0.5) is 0 Å². The Morgan fingerprint density at radius 3 is 3.00 bits per heavy atom. The summed E-state index contributed by atoms with van der Waals surface area (Å²) >= 11 is 0. The first-order chi connectivity index (χ1) is 9.24. The molecule has 1 atom stereocenters. The first-order valence-electron chi connectivity index (χ1n) is 6.36. The Morgan fingerprint density at radius 1 is 1.37 bits per heavy atom. The van der Waals surface area contributed by atoms with E-state index in [1.807, 2.05) is 43.7 Å². The number of para-hydroxylation sites is 1. The average Bonchev–Trinajstić information content (AvgIpc) is 3.02. The van der Waals surface area contributed by atoms with Gasteiger partial charge in [0.05, 0.1) is 18.6 Å². The molecule has 0 amide bonds. The second kappa shape index (κ2) is 4.90. The molecule has 0 saturated carbocycles. The molecule has 0 bridgehead atoms. The van der Waals surface area contributed by atoms with E-state index in [9.17, 15) is 5.11 Å². The molecule has 1 aromatic carbocycles. The molecule has 0 aliphatic carbocycles. The predicted molar refractivity (Wildman–Crippen MR) is 72.7 cm³/mol. The molecule has 0 radical (unpaired) electrons. The summed E-state index contributed by atoms with van der Waals surface area (Å²) in [4.78, 5) is 0. The summed E-state index contributed by atoms with van der Waals surface area (Å²) < 4.78 is 7.22. The number of rotatable bonds is 4. The molecule has 0 saturated heterocycles. The summed E-state index contributed by atoms with van der Waals surface area (Å²) in [5.41, 5.74) is 2.81. The van der Waals surface area contributed by atoms with Gasteiger partial charge in [-0.2, -0.15) is 5.10 Å². The van der Waals surface area contributed by atoms with Crippen LogP contribution < -0.4 is 0 Å². The Hall–Kier alpha value is -2.07. The van der Waals surface area contributed by atoms with E-state index < -0.39 is 6.10 Å². The number of aryl methyl sites for hydroxylation is 2. The highest BCUT2D eigenvalue weighted by molar-refractivity contribution is 5.81.